The summed E-state index contributed by atoms with van der Waals surface area (Å²) in [6, 6.07) is 0. The van der Waals surface area contributed by atoms with Crippen molar-refractivity contribution in [2.45, 2.75) is 33.6 Å². The van der Waals surface area contributed by atoms with Gasteiger partial charge in [0.25, 0.3) is 0 Å². The van der Waals surface area contributed by atoms with E-state index in [1.54, 1.807) is 20.8 Å². The molecule has 0 spiro atoms. The lowest BCUT2D eigenvalue weighted by atomic mass is 9.97. The molecule has 3 N–H and O–H groups in total. The fraction of sp³-hybridized carbons (Fsp3) is 0.800. The molecule has 0 aromatic carbocycles. The Morgan fingerprint density at radius 1 is 1.33 bits per heavy atom. The third kappa shape index (κ3) is 7.04. The highest BCUT2D eigenvalue weighted by Crippen LogP contribution is 2.15. The van der Waals surface area contributed by atoms with Crippen molar-refractivity contribution >= 4 is 11.9 Å². The Balaban J connectivity index is 3.71. The topological polar surface area (TPSA) is 81.4 Å². The van der Waals surface area contributed by atoms with Gasteiger partial charge in [-0.25, -0.2) is 0 Å². The van der Waals surface area contributed by atoms with Gasteiger partial charge in [0.05, 0.1) is 5.41 Å². The van der Waals surface area contributed by atoms with Gasteiger partial charge in [-0.05, 0) is 33.7 Å². The van der Waals surface area contributed by atoms with Gasteiger partial charge in [0.2, 0.25) is 0 Å². The Kier molecular flexibility index (Phi) is 6.12. The quantitative estimate of drug-likeness (QED) is 0.301. The second-order valence-electron chi connectivity index (χ2n) is 4.32. The van der Waals surface area contributed by atoms with Crippen molar-refractivity contribution in [3.63, 3.8) is 0 Å². The number of hydrogen-bond acceptors (Lipinski definition) is 5. The van der Waals surface area contributed by atoms with Crippen LogP contribution in [0.25, 0.3) is 0 Å². The molecule has 0 radical (unpaired) electrons. The van der Waals surface area contributed by atoms with E-state index in [2.05, 4.69) is 10.1 Å². The predicted molar refractivity (Wildman–Crippen MR) is 56.8 cm³/mol. The Bertz CT molecular complexity index is 221. The van der Waals surface area contributed by atoms with Gasteiger partial charge >= 0.3 is 11.9 Å². The highest BCUT2D eigenvalue weighted by atomic mass is 16.6. The molecule has 0 heterocycles. The summed E-state index contributed by atoms with van der Waals surface area (Å²) in [6.07, 6.45) is 0.849. The standard InChI is InChI=1S/C10H20N2O3/c1-10(2,3)9(14)15-8(13)5-4-6-12-7-11/h12H,4-7,11H2,1-3H3. The van der Waals surface area contributed by atoms with Crippen LogP contribution in [0, 0.1) is 5.41 Å². The maximum Gasteiger partial charge on any atom is 0.318 e. The second-order valence-corrected chi connectivity index (χ2v) is 4.32. The predicted octanol–water partition coefficient (Wildman–Crippen LogP) is 0.388. The lowest BCUT2D eigenvalue weighted by Gasteiger charge is -2.15. The minimum atomic E-state index is -0.634. The zero-order chi connectivity index (χ0) is 11.9. The van der Waals surface area contributed by atoms with Crippen molar-refractivity contribution in [1.82, 2.24) is 5.32 Å². The molecule has 0 rings (SSSR count). The van der Waals surface area contributed by atoms with Crippen LogP contribution in [0.3, 0.4) is 0 Å². The van der Waals surface area contributed by atoms with E-state index in [1.165, 1.54) is 0 Å². The molecule has 0 bridgehead atoms. The van der Waals surface area contributed by atoms with Crippen molar-refractivity contribution in [3.05, 3.63) is 0 Å². The zero-order valence-corrected chi connectivity index (χ0v) is 9.63. The molecule has 0 aromatic rings. The van der Waals surface area contributed by atoms with Gasteiger partial charge < -0.3 is 15.8 Å². The van der Waals surface area contributed by atoms with Crippen LogP contribution in [0.15, 0.2) is 0 Å². The van der Waals surface area contributed by atoms with Gasteiger partial charge in [-0.1, -0.05) is 0 Å². The molecule has 15 heavy (non-hydrogen) atoms. The van der Waals surface area contributed by atoms with Crippen LogP contribution in [-0.4, -0.2) is 25.2 Å². The van der Waals surface area contributed by atoms with Crippen LogP contribution in [-0.2, 0) is 14.3 Å². The highest BCUT2D eigenvalue weighted by Gasteiger charge is 2.25. The Hall–Kier alpha value is -0.940. The molecule has 0 fully saturated rings. The third-order valence-electron chi connectivity index (χ3n) is 1.70. The molecule has 0 saturated heterocycles. The average Bonchev–Trinajstić information content (AvgIpc) is 2.11. The van der Waals surface area contributed by atoms with Crippen molar-refractivity contribution in [3.8, 4) is 0 Å². The summed E-state index contributed by atoms with van der Waals surface area (Å²) in [5.74, 6) is -0.965. The molecular formula is C10H20N2O3. The van der Waals surface area contributed by atoms with Crippen molar-refractivity contribution in [1.29, 1.82) is 0 Å². The summed E-state index contributed by atoms with van der Waals surface area (Å²) in [7, 11) is 0. The molecule has 0 atom stereocenters. The lowest BCUT2D eigenvalue weighted by molar-refractivity contribution is -0.165. The van der Waals surface area contributed by atoms with E-state index in [1.807, 2.05) is 0 Å². The number of esters is 2. The first-order chi connectivity index (χ1) is 6.88. The smallest absolute Gasteiger partial charge is 0.318 e. The number of carbonyl (C=O) groups is 2. The fourth-order valence-electron chi connectivity index (χ4n) is 0.767. The number of nitrogens with one attached hydrogen (secondary N) is 1. The summed E-state index contributed by atoms with van der Waals surface area (Å²) in [6.45, 7) is 6.15. The molecule has 0 aliphatic carbocycles. The third-order valence-corrected chi connectivity index (χ3v) is 1.70. The summed E-state index contributed by atoms with van der Waals surface area (Å²) < 4.78 is 4.66. The minimum absolute atomic E-state index is 0.231. The molecule has 0 amide bonds. The number of rotatable bonds is 5. The summed E-state index contributed by atoms with van der Waals surface area (Å²) in [5.41, 5.74) is 4.57. The van der Waals surface area contributed by atoms with Gasteiger partial charge in [-0.2, -0.15) is 0 Å². The molecule has 0 saturated carbocycles. The number of nitrogens with two attached hydrogens (primary N) is 1. The first-order valence-corrected chi connectivity index (χ1v) is 5.04. The van der Waals surface area contributed by atoms with Gasteiger partial charge in [0.15, 0.2) is 0 Å². The molecule has 0 aromatic heterocycles. The number of carbonyl (C=O) groups excluding carboxylic acids is 2. The minimum Gasteiger partial charge on any atom is -0.393 e. The van der Waals surface area contributed by atoms with Crippen molar-refractivity contribution in [2.75, 3.05) is 13.2 Å². The number of ether oxygens (including phenoxy) is 1. The normalized spacial score (nSPS) is 11.2. The van der Waals surface area contributed by atoms with Gasteiger partial charge in [-0.3, -0.25) is 9.59 Å². The van der Waals surface area contributed by atoms with E-state index in [0.717, 1.165) is 0 Å². The van der Waals surface area contributed by atoms with Gasteiger partial charge in [0.1, 0.15) is 0 Å². The van der Waals surface area contributed by atoms with Crippen LogP contribution in [0.1, 0.15) is 33.6 Å². The highest BCUT2D eigenvalue weighted by molar-refractivity contribution is 5.88. The van der Waals surface area contributed by atoms with E-state index < -0.39 is 17.4 Å². The van der Waals surface area contributed by atoms with Crippen LogP contribution < -0.4 is 11.1 Å². The molecule has 88 valence electrons. The van der Waals surface area contributed by atoms with E-state index >= 15 is 0 Å². The van der Waals surface area contributed by atoms with Crippen molar-refractivity contribution in [2.24, 2.45) is 11.1 Å². The fourth-order valence-corrected chi connectivity index (χ4v) is 0.767. The van der Waals surface area contributed by atoms with E-state index in [0.29, 0.717) is 19.6 Å². The largest absolute Gasteiger partial charge is 0.393 e. The maximum absolute atomic E-state index is 11.3. The van der Waals surface area contributed by atoms with Crippen LogP contribution in [0.4, 0.5) is 0 Å². The van der Waals surface area contributed by atoms with Gasteiger partial charge in [0, 0.05) is 13.1 Å². The first kappa shape index (κ1) is 14.1. The Morgan fingerprint density at radius 3 is 2.40 bits per heavy atom. The molecule has 0 unspecified atom stereocenters. The molecule has 5 nitrogen and oxygen atoms in total. The van der Waals surface area contributed by atoms with Gasteiger partial charge in [-0.15, -0.1) is 0 Å². The zero-order valence-electron chi connectivity index (χ0n) is 9.63. The first-order valence-electron chi connectivity index (χ1n) is 5.04. The summed E-state index contributed by atoms with van der Waals surface area (Å²) in [5, 5.41) is 2.87. The monoisotopic (exact) mass is 216 g/mol. The molecule has 5 heteroatoms. The molecular weight excluding hydrogens is 196 g/mol. The summed E-state index contributed by atoms with van der Waals surface area (Å²) in [4.78, 5) is 22.4. The maximum atomic E-state index is 11.3. The van der Waals surface area contributed by atoms with Crippen LogP contribution >= 0.6 is 0 Å². The number of hydrogen-bond donors (Lipinski definition) is 2. The summed E-state index contributed by atoms with van der Waals surface area (Å²) >= 11 is 0. The SMILES string of the molecule is CC(C)(C)C(=O)OC(=O)CCCNCN. The van der Waals surface area contributed by atoms with Crippen molar-refractivity contribution < 1.29 is 14.3 Å². The average molecular weight is 216 g/mol. The van der Waals surface area contributed by atoms with Crippen LogP contribution in [0.2, 0.25) is 0 Å². The second kappa shape index (κ2) is 6.53. The lowest BCUT2D eigenvalue weighted by Crippen LogP contribution is -2.27. The van der Waals surface area contributed by atoms with E-state index in [9.17, 15) is 9.59 Å². The Labute approximate surface area is 90.4 Å². The van der Waals surface area contributed by atoms with Crippen LogP contribution in [0.5, 0.6) is 0 Å². The molecule has 0 aliphatic heterocycles. The van der Waals surface area contributed by atoms with E-state index in [4.69, 9.17) is 5.73 Å². The Morgan fingerprint density at radius 2 is 1.93 bits per heavy atom. The molecule has 0 aliphatic rings. The van der Waals surface area contributed by atoms with E-state index in [-0.39, 0.29) is 6.42 Å².